The maximum atomic E-state index is 11.8. The van der Waals surface area contributed by atoms with Gasteiger partial charge in [-0.25, -0.2) is 0 Å². The first-order chi connectivity index (χ1) is 8.16. The Morgan fingerprint density at radius 3 is 3.12 bits per heavy atom. The first-order valence-corrected chi connectivity index (χ1v) is 5.80. The normalized spacial score (nSPS) is 20.5. The number of hydroxylamine groups is 2. The van der Waals surface area contributed by atoms with Crippen LogP contribution in [0.3, 0.4) is 0 Å². The van der Waals surface area contributed by atoms with E-state index in [4.69, 9.17) is 0 Å². The number of carbonyl (C=O) groups excluding carboxylic acids is 1. The number of aryl methyl sites for hydroxylation is 1. The molecule has 1 aromatic heterocycles. The molecule has 0 bridgehead atoms. The molecule has 0 saturated carbocycles. The summed E-state index contributed by atoms with van der Waals surface area (Å²) in [5.74, 6) is -0.119. The molecule has 2 N–H and O–H groups in total. The van der Waals surface area contributed by atoms with Crippen LogP contribution < -0.4 is 5.32 Å². The molecule has 2 rings (SSSR count). The average molecular weight is 235 g/mol. The quantitative estimate of drug-likeness (QED) is 0.815. The maximum absolute atomic E-state index is 11.8. The van der Waals surface area contributed by atoms with E-state index in [1.807, 2.05) is 13.0 Å². The van der Waals surface area contributed by atoms with Gasteiger partial charge in [-0.2, -0.15) is 5.06 Å². The van der Waals surface area contributed by atoms with Gasteiger partial charge in [0.15, 0.2) is 0 Å². The molecule has 1 aromatic rings. The van der Waals surface area contributed by atoms with Gasteiger partial charge in [0.1, 0.15) is 6.04 Å². The molecule has 2 heterocycles. The van der Waals surface area contributed by atoms with E-state index in [-0.39, 0.29) is 5.91 Å². The SMILES string of the molecule is Cc1cncc(CNC(=O)[C@@H]2CCCN2O)c1. The topological polar surface area (TPSA) is 65.5 Å². The fraction of sp³-hybridized carbons (Fsp3) is 0.500. The van der Waals surface area contributed by atoms with Gasteiger partial charge in [0.05, 0.1) is 0 Å². The Balaban J connectivity index is 1.88. The van der Waals surface area contributed by atoms with Crippen LogP contribution in [0.2, 0.25) is 0 Å². The highest BCUT2D eigenvalue weighted by molar-refractivity contribution is 5.81. The second-order valence-corrected chi connectivity index (χ2v) is 4.41. The summed E-state index contributed by atoms with van der Waals surface area (Å²) in [5.41, 5.74) is 2.04. The average Bonchev–Trinajstić information content (AvgIpc) is 2.72. The Labute approximate surface area is 100 Å². The number of aromatic nitrogens is 1. The van der Waals surface area contributed by atoms with Gasteiger partial charge >= 0.3 is 0 Å². The summed E-state index contributed by atoms with van der Waals surface area (Å²) in [6.45, 7) is 2.99. The van der Waals surface area contributed by atoms with Crippen molar-refractivity contribution in [2.75, 3.05) is 6.54 Å². The molecule has 5 nitrogen and oxygen atoms in total. The van der Waals surface area contributed by atoms with Gasteiger partial charge in [-0.05, 0) is 30.9 Å². The van der Waals surface area contributed by atoms with Crippen LogP contribution in [0, 0.1) is 6.92 Å². The van der Waals surface area contributed by atoms with E-state index in [2.05, 4.69) is 10.3 Å². The second-order valence-electron chi connectivity index (χ2n) is 4.41. The Morgan fingerprint density at radius 1 is 1.65 bits per heavy atom. The second kappa shape index (κ2) is 5.25. The summed E-state index contributed by atoms with van der Waals surface area (Å²) in [7, 11) is 0. The van der Waals surface area contributed by atoms with Crippen molar-refractivity contribution in [1.29, 1.82) is 0 Å². The van der Waals surface area contributed by atoms with Crippen molar-refractivity contribution in [1.82, 2.24) is 15.4 Å². The zero-order valence-electron chi connectivity index (χ0n) is 9.89. The predicted octanol–water partition coefficient (Wildman–Crippen LogP) is 0.860. The Morgan fingerprint density at radius 2 is 2.47 bits per heavy atom. The van der Waals surface area contributed by atoms with Gasteiger partial charge < -0.3 is 10.5 Å². The molecule has 1 amide bonds. The van der Waals surface area contributed by atoms with E-state index in [9.17, 15) is 10.0 Å². The predicted molar refractivity (Wildman–Crippen MR) is 62.3 cm³/mol. The first-order valence-electron chi connectivity index (χ1n) is 5.80. The summed E-state index contributed by atoms with van der Waals surface area (Å²) in [6.07, 6.45) is 5.09. The molecule has 1 aliphatic rings. The van der Waals surface area contributed by atoms with Gasteiger partial charge in [0, 0.05) is 25.5 Å². The molecule has 17 heavy (non-hydrogen) atoms. The summed E-state index contributed by atoms with van der Waals surface area (Å²) in [5, 5.41) is 13.4. The minimum atomic E-state index is -0.396. The van der Waals surface area contributed by atoms with Crippen LogP contribution in [0.4, 0.5) is 0 Å². The van der Waals surface area contributed by atoms with Crippen molar-refractivity contribution < 1.29 is 10.0 Å². The maximum Gasteiger partial charge on any atom is 0.240 e. The van der Waals surface area contributed by atoms with Gasteiger partial charge in [-0.15, -0.1) is 0 Å². The lowest BCUT2D eigenvalue weighted by atomic mass is 10.2. The third-order valence-corrected chi connectivity index (χ3v) is 2.93. The molecule has 0 spiro atoms. The lowest BCUT2D eigenvalue weighted by Gasteiger charge is -2.16. The molecule has 0 aliphatic carbocycles. The number of rotatable bonds is 3. The van der Waals surface area contributed by atoms with Gasteiger partial charge in [0.2, 0.25) is 5.91 Å². The summed E-state index contributed by atoms with van der Waals surface area (Å²) < 4.78 is 0. The van der Waals surface area contributed by atoms with Crippen molar-refractivity contribution in [2.45, 2.75) is 32.4 Å². The lowest BCUT2D eigenvalue weighted by molar-refractivity contribution is -0.145. The van der Waals surface area contributed by atoms with E-state index in [0.717, 1.165) is 22.6 Å². The van der Waals surface area contributed by atoms with Crippen molar-refractivity contribution in [3.63, 3.8) is 0 Å². The molecule has 0 unspecified atom stereocenters. The van der Waals surface area contributed by atoms with Gasteiger partial charge in [-0.1, -0.05) is 6.07 Å². The smallest absolute Gasteiger partial charge is 0.240 e. The van der Waals surface area contributed by atoms with Gasteiger partial charge in [0.25, 0.3) is 0 Å². The van der Waals surface area contributed by atoms with Crippen LogP contribution in [-0.4, -0.2) is 33.7 Å². The fourth-order valence-corrected chi connectivity index (χ4v) is 2.04. The molecule has 0 aromatic carbocycles. The number of amides is 1. The first kappa shape index (κ1) is 12.0. The van der Waals surface area contributed by atoms with Gasteiger partial charge in [-0.3, -0.25) is 9.78 Å². The van der Waals surface area contributed by atoms with E-state index in [0.29, 0.717) is 19.5 Å². The summed E-state index contributed by atoms with van der Waals surface area (Å²) in [4.78, 5) is 15.8. The minimum Gasteiger partial charge on any atom is -0.351 e. The van der Waals surface area contributed by atoms with Crippen LogP contribution in [0.25, 0.3) is 0 Å². The van der Waals surface area contributed by atoms with Crippen molar-refractivity contribution >= 4 is 5.91 Å². The van der Waals surface area contributed by atoms with Crippen molar-refractivity contribution in [2.24, 2.45) is 0 Å². The standard InChI is InChI=1S/C12H17N3O2/c1-9-5-10(7-13-6-9)8-14-12(16)11-3-2-4-15(11)17/h5-7,11,17H,2-4,8H2,1H3,(H,14,16)/t11-/m0/s1. The number of hydrogen-bond acceptors (Lipinski definition) is 4. The molecular weight excluding hydrogens is 218 g/mol. The largest absolute Gasteiger partial charge is 0.351 e. The van der Waals surface area contributed by atoms with Crippen LogP contribution in [0.1, 0.15) is 24.0 Å². The van der Waals surface area contributed by atoms with Crippen molar-refractivity contribution in [3.8, 4) is 0 Å². The molecule has 5 heteroatoms. The third kappa shape index (κ3) is 3.01. The number of nitrogens with one attached hydrogen (secondary N) is 1. The lowest BCUT2D eigenvalue weighted by Crippen LogP contribution is -2.41. The van der Waals surface area contributed by atoms with Crippen LogP contribution in [0.5, 0.6) is 0 Å². The molecule has 1 aliphatic heterocycles. The molecule has 0 radical (unpaired) electrons. The van der Waals surface area contributed by atoms with E-state index >= 15 is 0 Å². The van der Waals surface area contributed by atoms with E-state index < -0.39 is 6.04 Å². The van der Waals surface area contributed by atoms with E-state index in [1.165, 1.54) is 0 Å². The van der Waals surface area contributed by atoms with Crippen LogP contribution in [0.15, 0.2) is 18.5 Å². The summed E-state index contributed by atoms with van der Waals surface area (Å²) >= 11 is 0. The number of pyridine rings is 1. The zero-order valence-corrected chi connectivity index (χ0v) is 9.89. The number of hydrogen-bond donors (Lipinski definition) is 2. The Bertz CT molecular complexity index is 408. The molecule has 1 atom stereocenters. The van der Waals surface area contributed by atoms with Crippen molar-refractivity contribution in [3.05, 3.63) is 29.6 Å². The highest BCUT2D eigenvalue weighted by atomic mass is 16.5. The molecule has 1 fully saturated rings. The molecular formula is C12H17N3O2. The highest BCUT2D eigenvalue weighted by Gasteiger charge is 2.29. The molecule has 92 valence electrons. The highest BCUT2D eigenvalue weighted by Crippen LogP contribution is 2.14. The fourth-order valence-electron chi connectivity index (χ4n) is 2.04. The Kier molecular flexibility index (Phi) is 3.71. The minimum absolute atomic E-state index is 0.119. The van der Waals surface area contributed by atoms with E-state index in [1.54, 1.807) is 12.4 Å². The zero-order chi connectivity index (χ0) is 12.3. The monoisotopic (exact) mass is 235 g/mol. The summed E-state index contributed by atoms with van der Waals surface area (Å²) in [6, 6.07) is 1.59. The van der Waals surface area contributed by atoms with Crippen LogP contribution >= 0.6 is 0 Å². The number of nitrogens with zero attached hydrogens (tertiary/aromatic N) is 2. The number of carbonyl (C=O) groups is 1. The van der Waals surface area contributed by atoms with Crippen LogP contribution in [-0.2, 0) is 11.3 Å². The third-order valence-electron chi connectivity index (χ3n) is 2.93. The molecule has 1 saturated heterocycles. The Hall–Kier alpha value is -1.46.